The third-order valence-electron chi connectivity index (χ3n) is 4.42. The SMILES string of the molecule is CC(=O)C1CN(C(=O)c2ccn(-c3cccnc3)n2)c2ccccc21. The zero-order valence-electron chi connectivity index (χ0n) is 13.7. The largest absolute Gasteiger partial charge is 0.306 e. The summed E-state index contributed by atoms with van der Waals surface area (Å²) in [6.45, 7) is 1.92. The number of ketones is 1. The van der Waals surface area contributed by atoms with Crippen molar-refractivity contribution >= 4 is 17.4 Å². The molecule has 1 aliphatic heterocycles. The highest BCUT2D eigenvalue weighted by Gasteiger charge is 2.35. The van der Waals surface area contributed by atoms with Crippen LogP contribution in [-0.2, 0) is 4.79 Å². The summed E-state index contributed by atoms with van der Waals surface area (Å²) >= 11 is 0. The van der Waals surface area contributed by atoms with E-state index in [9.17, 15) is 9.59 Å². The number of anilines is 1. The molecule has 6 heteroatoms. The zero-order valence-corrected chi connectivity index (χ0v) is 13.7. The Kier molecular flexibility index (Phi) is 3.65. The molecule has 1 amide bonds. The van der Waals surface area contributed by atoms with Crippen LogP contribution in [-0.4, -0.2) is 33.0 Å². The molecule has 124 valence electrons. The van der Waals surface area contributed by atoms with Crippen LogP contribution in [0.3, 0.4) is 0 Å². The Morgan fingerprint density at radius 2 is 1.96 bits per heavy atom. The molecule has 0 saturated heterocycles. The maximum absolute atomic E-state index is 12.9. The molecule has 4 rings (SSSR count). The van der Waals surface area contributed by atoms with Crippen LogP contribution < -0.4 is 4.90 Å². The predicted octanol–water partition coefficient (Wildman–Crippen LogP) is 2.60. The van der Waals surface area contributed by atoms with E-state index in [2.05, 4.69) is 10.1 Å². The minimum absolute atomic E-state index is 0.0589. The lowest BCUT2D eigenvalue weighted by atomic mass is 9.98. The Morgan fingerprint density at radius 1 is 1.12 bits per heavy atom. The van der Waals surface area contributed by atoms with E-state index in [0.717, 1.165) is 16.9 Å². The van der Waals surface area contributed by atoms with Crippen molar-refractivity contribution in [3.8, 4) is 5.69 Å². The van der Waals surface area contributed by atoms with Gasteiger partial charge in [-0.3, -0.25) is 14.6 Å². The number of hydrogen-bond donors (Lipinski definition) is 0. The van der Waals surface area contributed by atoms with Gasteiger partial charge in [0.05, 0.1) is 17.8 Å². The summed E-state index contributed by atoms with van der Waals surface area (Å²) in [6.07, 6.45) is 5.09. The van der Waals surface area contributed by atoms with Gasteiger partial charge in [0.2, 0.25) is 0 Å². The summed E-state index contributed by atoms with van der Waals surface area (Å²) in [5, 5.41) is 4.37. The number of amides is 1. The van der Waals surface area contributed by atoms with Crippen LogP contribution >= 0.6 is 0 Å². The molecule has 0 N–H and O–H groups in total. The van der Waals surface area contributed by atoms with Crippen molar-refractivity contribution in [2.24, 2.45) is 0 Å². The number of hydrogen-bond acceptors (Lipinski definition) is 4. The molecule has 0 saturated carbocycles. The Bertz CT molecular complexity index is 949. The number of fused-ring (bicyclic) bond motifs is 1. The fraction of sp³-hybridized carbons (Fsp3) is 0.158. The second-order valence-electron chi connectivity index (χ2n) is 5.99. The van der Waals surface area contributed by atoms with Crippen molar-refractivity contribution in [3.05, 3.63) is 72.3 Å². The lowest BCUT2D eigenvalue weighted by Crippen LogP contribution is -2.31. The van der Waals surface area contributed by atoms with Gasteiger partial charge < -0.3 is 4.90 Å². The Balaban J connectivity index is 1.66. The van der Waals surface area contributed by atoms with E-state index in [1.807, 2.05) is 36.4 Å². The molecule has 0 spiro atoms. The predicted molar refractivity (Wildman–Crippen MR) is 92.9 cm³/mol. The van der Waals surface area contributed by atoms with Gasteiger partial charge in [-0.2, -0.15) is 5.10 Å². The van der Waals surface area contributed by atoms with Gasteiger partial charge in [-0.1, -0.05) is 18.2 Å². The lowest BCUT2D eigenvalue weighted by molar-refractivity contribution is -0.118. The van der Waals surface area contributed by atoms with Crippen LogP contribution in [0.25, 0.3) is 5.69 Å². The van der Waals surface area contributed by atoms with Gasteiger partial charge in [0.1, 0.15) is 5.78 Å². The smallest absolute Gasteiger partial charge is 0.278 e. The molecular formula is C19H16N4O2. The van der Waals surface area contributed by atoms with Crippen molar-refractivity contribution in [2.75, 3.05) is 11.4 Å². The van der Waals surface area contributed by atoms with Crippen LogP contribution in [0.2, 0.25) is 0 Å². The summed E-state index contributed by atoms with van der Waals surface area (Å²) in [7, 11) is 0. The molecule has 1 aromatic carbocycles. The molecule has 0 bridgehead atoms. The van der Waals surface area contributed by atoms with Gasteiger partial charge in [-0.05, 0) is 36.8 Å². The monoisotopic (exact) mass is 332 g/mol. The number of carbonyl (C=O) groups excluding carboxylic acids is 2. The van der Waals surface area contributed by atoms with Gasteiger partial charge in [0.25, 0.3) is 5.91 Å². The molecule has 3 heterocycles. The quantitative estimate of drug-likeness (QED) is 0.739. The van der Waals surface area contributed by atoms with E-state index in [0.29, 0.717) is 12.2 Å². The average Bonchev–Trinajstić information content (AvgIpc) is 3.27. The lowest BCUT2D eigenvalue weighted by Gasteiger charge is -2.16. The van der Waals surface area contributed by atoms with Crippen LogP contribution in [0.5, 0.6) is 0 Å². The van der Waals surface area contributed by atoms with Crippen LogP contribution in [0, 0.1) is 0 Å². The molecule has 0 aliphatic carbocycles. The molecular weight excluding hydrogens is 316 g/mol. The second-order valence-corrected chi connectivity index (χ2v) is 5.99. The number of Topliss-reactive ketones (excluding diaryl/α,β-unsaturated/α-hetero) is 1. The number of carbonyl (C=O) groups is 2. The van der Waals surface area contributed by atoms with E-state index in [-0.39, 0.29) is 17.6 Å². The fourth-order valence-corrected chi connectivity index (χ4v) is 3.16. The first kappa shape index (κ1) is 15.3. The van der Waals surface area contributed by atoms with Gasteiger partial charge in [0.15, 0.2) is 5.69 Å². The highest BCUT2D eigenvalue weighted by Crippen LogP contribution is 2.37. The number of rotatable bonds is 3. The molecule has 1 atom stereocenters. The molecule has 1 unspecified atom stereocenters. The van der Waals surface area contributed by atoms with Crippen molar-refractivity contribution < 1.29 is 9.59 Å². The van der Waals surface area contributed by atoms with Gasteiger partial charge >= 0.3 is 0 Å². The van der Waals surface area contributed by atoms with Crippen LogP contribution in [0.1, 0.15) is 28.9 Å². The normalized spacial score (nSPS) is 15.9. The summed E-state index contributed by atoms with van der Waals surface area (Å²) in [6, 6.07) is 12.9. The first-order valence-electron chi connectivity index (χ1n) is 8.02. The Labute approximate surface area is 144 Å². The third kappa shape index (κ3) is 2.61. The topological polar surface area (TPSA) is 68.1 Å². The van der Waals surface area contributed by atoms with Gasteiger partial charge in [-0.25, -0.2) is 4.68 Å². The van der Waals surface area contributed by atoms with Crippen LogP contribution in [0.15, 0.2) is 61.1 Å². The van der Waals surface area contributed by atoms with Crippen molar-refractivity contribution in [2.45, 2.75) is 12.8 Å². The molecule has 3 aromatic rings. The van der Waals surface area contributed by atoms with E-state index in [4.69, 9.17) is 0 Å². The molecule has 25 heavy (non-hydrogen) atoms. The first-order valence-corrected chi connectivity index (χ1v) is 8.02. The van der Waals surface area contributed by atoms with E-state index in [1.54, 1.807) is 41.2 Å². The Morgan fingerprint density at radius 3 is 2.72 bits per heavy atom. The van der Waals surface area contributed by atoms with Crippen LogP contribution in [0.4, 0.5) is 5.69 Å². The number of nitrogens with zero attached hydrogens (tertiary/aromatic N) is 4. The average molecular weight is 332 g/mol. The Hall–Kier alpha value is -3.28. The fourth-order valence-electron chi connectivity index (χ4n) is 3.16. The van der Waals surface area contributed by atoms with Crippen molar-refractivity contribution in [3.63, 3.8) is 0 Å². The van der Waals surface area contributed by atoms with Gasteiger partial charge in [-0.15, -0.1) is 0 Å². The number of para-hydroxylation sites is 1. The summed E-state index contributed by atoms with van der Waals surface area (Å²) in [5.74, 6) is -0.428. The maximum atomic E-state index is 12.9. The molecule has 2 aromatic heterocycles. The standard InChI is InChI=1S/C19H16N4O2/c1-13(24)16-12-22(18-7-3-2-6-15(16)18)19(25)17-8-10-23(21-17)14-5-4-9-20-11-14/h2-11,16H,12H2,1H3. The molecule has 0 radical (unpaired) electrons. The van der Waals surface area contributed by atoms with Gasteiger partial charge in [0, 0.05) is 24.6 Å². The highest BCUT2D eigenvalue weighted by atomic mass is 16.2. The minimum atomic E-state index is -0.277. The first-order chi connectivity index (χ1) is 12.1. The van der Waals surface area contributed by atoms with E-state index < -0.39 is 0 Å². The van der Waals surface area contributed by atoms with E-state index >= 15 is 0 Å². The summed E-state index contributed by atoms with van der Waals surface area (Å²) in [4.78, 5) is 30.6. The molecule has 6 nitrogen and oxygen atoms in total. The zero-order chi connectivity index (χ0) is 17.4. The molecule has 1 aliphatic rings. The number of aromatic nitrogens is 3. The number of benzene rings is 1. The highest BCUT2D eigenvalue weighted by molar-refractivity contribution is 6.08. The van der Waals surface area contributed by atoms with Crippen molar-refractivity contribution in [1.29, 1.82) is 0 Å². The molecule has 0 fully saturated rings. The summed E-state index contributed by atoms with van der Waals surface area (Å²) < 4.78 is 1.62. The van der Waals surface area contributed by atoms with E-state index in [1.165, 1.54) is 0 Å². The summed E-state index contributed by atoms with van der Waals surface area (Å²) in [5.41, 5.74) is 2.80. The second kappa shape index (κ2) is 5.98. The maximum Gasteiger partial charge on any atom is 0.278 e. The van der Waals surface area contributed by atoms with Crippen molar-refractivity contribution in [1.82, 2.24) is 14.8 Å². The number of pyridine rings is 1. The third-order valence-corrected chi connectivity index (χ3v) is 4.42. The minimum Gasteiger partial charge on any atom is -0.306 e.